The molecule has 0 aromatic rings. The summed E-state index contributed by atoms with van der Waals surface area (Å²) in [6.45, 7) is 3.32. The van der Waals surface area contributed by atoms with Gasteiger partial charge in [0.2, 0.25) is 0 Å². The first-order chi connectivity index (χ1) is 7.04. The fraction of sp³-hybridized carbons (Fsp3) is 0.900. The van der Waals surface area contributed by atoms with Crippen LogP contribution in [0.1, 0.15) is 26.7 Å². The van der Waals surface area contributed by atoms with Gasteiger partial charge in [-0.1, -0.05) is 26.1 Å². The molecule has 0 aromatic carbocycles. The average Bonchev–Trinajstić information content (AvgIpc) is 1.99. The smallest absolute Gasteiger partial charge is 0.393 e. The van der Waals surface area contributed by atoms with Crippen molar-refractivity contribution in [3.8, 4) is 0 Å². The maximum absolute atomic E-state index is 12.0. The summed E-state index contributed by atoms with van der Waals surface area (Å²) in [4.78, 5) is 1.67. The summed E-state index contributed by atoms with van der Waals surface area (Å²) in [6.07, 6.45) is -2.78. The predicted octanol–water partition coefficient (Wildman–Crippen LogP) is 2.57. The molecule has 0 heterocycles. The van der Waals surface area contributed by atoms with Gasteiger partial charge in [0.15, 0.2) is 0 Å². The van der Waals surface area contributed by atoms with E-state index >= 15 is 0 Å². The Kier molecular flexibility index (Phi) is 5.69. The molecule has 16 heavy (non-hydrogen) atoms. The zero-order valence-corrected chi connectivity index (χ0v) is 10.7. The Labute approximate surface area is 100.0 Å². The van der Waals surface area contributed by atoms with E-state index < -0.39 is 12.7 Å². The number of thiocarbonyl (C=S) groups is 1. The van der Waals surface area contributed by atoms with Gasteiger partial charge in [-0.3, -0.25) is 4.90 Å². The van der Waals surface area contributed by atoms with Crippen LogP contribution in [0, 0.1) is 5.41 Å². The highest BCUT2D eigenvalue weighted by atomic mass is 32.1. The molecule has 0 aromatic heterocycles. The molecule has 96 valence electrons. The Morgan fingerprint density at radius 2 is 1.81 bits per heavy atom. The normalized spacial score (nSPS) is 13.2. The summed E-state index contributed by atoms with van der Waals surface area (Å²) in [7, 11) is 1.46. The average molecular weight is 256 g/mol. The maximum atomic E-state index is 12.0. The second-order valence-corrected chi connectivity index (χ2v) is 5.14. The van der Waals surface area contributed by atoms with E-state index in [1.165, 1.54) is 11.9 Å². The Morgan fingerprint density at radius 3 is 2.19 bits per heavy atom. The first kappa shape index (κ1) is 15.6. The lowest BCUT2D eigenvalue weighted by atomic mass is 9.88. The fourth-order valence-corrected chi connectivity index (χ4v) is 1.40. The minimum atomic E-state index is -4.13. The highest BCUT2D eigenvalue weighted by Gasteiger charge is 2.29. The van der Waals surface area contributed by atoms with Gasteiger partial charge in [0.25, 0.3) is 0 Å². The fourth-order valence-electron chi connectivity index (χ4n) is 1.30. The van der Waals surface area contributed by atoms with E-state index in [9.17, 15) is 13.2 Å². The van der Waals surface area contributed by atoms with Crippen molar-refractivity contribution in [1.82, 2.24) is 4.90 Å². The van der Waals surface area contributed by atoms with E-state index in [0.717, 1.165) is 0 Å². The minimum Gasteiger partial charge on any atom is -0.393 e. The van der Waals surface area contributed by atoms with Crippen molar-refractivity contribution in [3.63, 3.8) is 0 Å². The Hall–Kier alpha value is -0.360. The SMILES string of the molecule is CN(CCCC(C)(C)C(N)=S)CC(F)(F)F. The van der Waals surface area contributed by atoms with E-state index in [0.29, 0.717) is 24.4 Å². The molecule has 0 amide bonds. The Balaban J connectivity index is 3.87. The van der Waals surface area contributed by atoms with Gasteiger partial charge in [-0.05, 0) is 26.4 Å². The topological polar surface area (TPSA) is 29.3 Å². The molecular weight excluding hydrogens is 237 g/mol. The molecule has 0 spiro atoms. The van der Waals surface area contributed by atoms with Gasteiger partial charge in [-0.25, -0.2) is 0 Å². The van der Waals surface area contributed by atoms with E-state index in [2.05, 4.69) is 0 Å². The lowest BCUT2D eigenvalue weighted by Crippen LogP contribution is -2.34. The molecule has 0 saturated heterocycles. The standard InChI is InChI=1S/C10H19F3N2S/c1-9(2,8(14)16)5-4-6-15(3)7-10(11,12)13/h4-7H2,1-3H3,(H2,14,16). The predicted molar refractivity (Wildman–Crippen MR) is 63.4 cm³/mol. The van der Waals surface area contributed by atoms with Crippen LogP contribution in [0.4, 0.5) is 13.2 Å². The van der Waals surface area contributed by atoms with Crippen molar-refractivity contribution < 1.29 is 13.2 Å². The lowest BCUT2D eigenvalue weighted by molar-refractivity contribution is -0.143. The van der Waals surface area contributed by atoms with Crippen molar-refractivity contribution in [2.45, 2.75) is 32.9 Å². The van der Waals surface area contributed by atoms with Crippen LogP contribution in [0.25, 0.3) is 0 Å². The molecule has 2 N–H and O–H groups in total. The van der Waals surface area contributed by atoms with Crippen LogP contribution in [-0.4, -0.2) is 36.2 Å². The number of halogens is 3. The minimum absolute atomic E-state index is 0.283. The molecule has 6 heteroatoms. The van der Waals surface area contributed by atoms with Gasteiger partial charge < -0.3 is 5.73 Å². The Bertz CT molecular complexity index is 239. The maximum Gasteiger partial charge on any atom is 0.401 e. The molecule has 0 radical (unpaired) electrons. The molecule has 0 aliphatic heterocycles. The van der Waals surface area contributed by atoms with E-state index in [-0.39, 0.29) is 5.41 Å². The van der Waals surface area contributed by atoms with Crippen LogP contribution in [0.3, 0.4) is 0 Å². The number of hydrogen-bond acceptors (Lipinski definition) is 2. The van der Waals surface area contributed by atoms with E-state index in [1.807, 2.05) is 13.8 Å². The zero-order chi connectivity index (χ0) is 13.0. The van der Waals surface area contributed by atoms with Crippen molar-refractivity contribution in [3.05, 3.63) is 0 Å². The van der Waals surface area contributed by atoms with Gasteiger partial charge in [-0.15, -0.1) is 0 Å². The van der Waals surface area contributed by atoms with Gasteiger partial charge in [0, 0.05) is 5.41 Å². The number of nitrogens with two attached hydrogens (primary N) is 1. The molecule has 0 aliphatic carbocycles. The summed E-state index contributed by atoms with van der Waals surface area (Å²) in [5.41, 5.74) is 5.24. The Morgan fingerprint density at radius 1 is 1.31 bits per heavy atom. The van der Waals surface area contributed by atoms with Gasteiger partial charge in [-0.2, -0.15) is 13.2 Å². The first-order valence-electron chi connectivity index (χ1n) is 5.10. The molecule has 0 aliphatic rings. The molecule has 0 bridgehead atoms. The number of rotatable bonds is 6. The molecular formula is C10H19F3N2S. The monoisotopic (exact) mass is 256 g/mol. The zero-order valence-electron chi connectivity index (χ0n) is 9.90. The largest absolute Gasteiger partial charge is 0.401 e. The molecule has 0 unspecified atom stereocenters. The summed E-state index contributed by atoms with van der Waals surface area (Å²) in [5, 5.41) is 0. The third-order valence-corrected chi connectivity index (χ3v) is 3.01. The summed E-state index contributed by atoms with van der Waals surface area (Å²) >= 11 is 4.88. The van der Waals surface area contributed by atoms with E-state index in [1.54, 1.807) is 0 Å². The molecule has 0 fully saturated rings. The molecule has 2 nitrogen and oxygen atoms in total. The highest BCUT2D eigenvalue weighted by Crippen LogP contribution is 2.23. The van der Waals surface area contributed by atoms with Crippen molar-refractivity contribution in [2.75, 3.05) is 20.1 Å². The van der Waals surface area contributed by atoms with Gasteiger partial charge in [0.05, 0.1) is 11.5 Å². The number of nitrogens with zero attached hydrogens (tertiary/aromatic N) is 1. The van der Waals surface area contributed by atoms with Crippen molar-refractivity contribution >= 4 is 17.2 Å². The van der Waals surface area contributed by atoms with Gasteiger partial charge >= 0.3 is 6.18 Å². The number of hydrogen-bond donors (Lipinski definition) is 1. The van der Waals surface area contributed by atoms with Crippen LogP contribution in [0.15, 0.2) is 0 Å². The van der Waals surface area contributed by atoms with Crippen LogP contribution in [-0.2, 0) is 0 Å². The molecule has 0 saturated carbocycles. The van der Waals surface area contributed by atoms with Crippen molar-refractivity contribution in [1.29, 1.82) is 0 Å². The number of alkyl halides is 3. The van der Waals surface area contributed by atoms with Crippen LogP contribution < -0.4 is 5.73 Å². The third-order valence-electron chi connectivity index (χ3n) is 2.46. The van der Waals surface area contributed by atoms with E-state index in [4.69, 9.17) is 18.0 Å². The highest BCUT2D eigenvalue weighted by molar-refractivity contribution is 7.80. The quantitative estimate of drug-likeness (QED) is 0.741. The molecule has 0 atom stereocenters. The summed E-state index contributed by atoms with van der Waals surface area (Å²) in [5.74, 6) is 0. The second kappa shape index (κ2) is 5.82. The van der Waals surface area contributed by atoms with Crippen LogP contribution in [0.5, 0.6) is 0 Å². The van der Waals surface area contributed by atoms with Crippen LogP contribution in [0.2, 0.25) is 0 Å². The van der Waals surface area contributed by atoms with Gasteiger partial charge in [0.1, 0.15) is 0 Å². The third kappa shape index (κ3) is 7.00. The summed E-state index contributed by atoms with van der Waals surface area (Å²) < 4.78 is 36.0. The lowest BCUT2D eigenvalue weighted by Gasteiger charge is -2.25. The first-order valence-corrected chi connectivity index (χ1v) is 5.50. The second-order valence-electron chi connectivity index (χ2n) is 4.70. The summed E-state index contributed by atoms with van der Waals surface area (Å²) in [6, 6.07) is 0. The molecule has 0 rings (SSSR count). The van der Waals surface area contributed by atoms with Crippen LogP contribution >= 0.6 is 12.2 Å². The van der Waals surface area contributed by atoms with Crippen molar-refractivity contribution in [2.24, 2.45) is 11.1 Å².